The van der Waals surface area contributed by atoms with Gasteiger partial charge in [0, 0.05) is 0 Å². The van der Waals surface area contributed by atoms with E-state index in [4.69, 9.17) is 4.74 Å². The van der Waals surface area contributed by atoms with Crippen molar-refractivity contribution in [3.8, 4) is 0 Å². The molecule has 1 saturated carbocycles. The lowest BCUT2D eigenvalue weighted by Gasteiger charge is -2.40. The van der Waals surface area contributed by atoms with E-state index in [-0.39, 0.29) is 11.8 Å². The molecular formula is C14H25NO4. The summed E-state index contributed by atoms with van der Waals surface area (Å²) in [7, 11) is 0. The fourth-order valence-electron chi connectivity index (χ4n) is 2.96. The highest BCUT2D eigenvalue weighted by atomic mass is 16.6. The van der Waals surface area contributed by atoms with Gasteiger partial charge in [0.2, 0.25) is 0 Å². The summed E-state index contributed by atoms with van der Waals surface area (Å²) in [5, 5.41) is 12.1. The van der Waals surface area contributed by atoms with Gasteiger partial charge in [0.1, 0.15) is 11.1 Å². The van der Waals surface area contributed by atoms with Gasteiger partial charge in [0.15, 0.2) is 0 Å². The van der Waals surface area contributed by atoms with Crippen molar-refractivity contribution >= 4 is 12.1 Å². The molecule has 0 spiro atoms. The summed E-state index contributed by atoms with van der Waals surface area (Å²) < 4.78 is 5.17. The van der Waals surface area contributed by atoms with E-state index in [1.54, 1.807) is 20.8 Å². The second-order valence-electron chi connectivity index (χ2n) is 6.87. The first-order valence-electron chi connectivity index (χ1n) is 6.78. The molecule has 0 saturated heterocycles. The number of hydrogen-bond donors (Lipinski definition) is 2. The maximum absolute atomic E-state index is 11.9. The number of amides is 1. The molecule has 0 aromatic rings. The van der Waals surface area contributed by atoms with Crippen molar-refractivity contribution in [1.82, 2.24) is 5.32 Å². The largest absolute Gasteiger partial charge is 0.480 e. The van der Waals surface area contributed by atoms with E-state index in [2.05, 4.69) is 5.32 Å². The van der Waals surface area contributed by atoms with Gasteiger partial charge in [-0.1, -0.05) is 13.8 Å². The van der Waals surface area contributed by atoms with Crippen molar-refractivity contribution in [3.63, 3.8) is 0 Å². The van der Waals surface area contributed by atoms with Gasteiger partial charge in [-0.2, -0.15) is 0 Å². The molecule has 2 N–H and O–H groups in total. The Morgan fingerprint density at radius 2 is 1.68 bits per heavy atom. The lowest BCUT2D eigenvalue weighted by molar-refractivity contribution is -0.148. The molecule has 0 radical (unpaired) electrons. The molecule has 0 aliphatic heterocycles. The van der Waals surface area contributed by atoms with Crippen molar-refractivity contribution in [2.45, 2.75) is 65.0 Å². The Bertz CT molecular complexity index is 349. The normalized spacial score (nSPS) is 31.6. The van der Waals surface area contributed by atoms with Gasteiger partial charge in [0.25, 0.3) is 0 Å². The average molecular weight is 271 g/mol. The van der Waals surface area contributed by atoms with Crippen LogP contribution in [0.5, 0.6) is 0 Å². The summed E-state index contributed by atoms with van der Waals surface area (Å²) in [5.74, 6) is -0.429. The van der Waals surface area contributed by atoms with Crippen molar-refractivity contribution in [2.24, 2.45) is 11.8 Å². The van der Waals surface area contributed by atoms with Crippen LogP contribution < -0.4 is 5.32 Å². The van der Waals surface area contributed by atoms with Crippen molar-refractivity contribution in [1.29, 1.82) is 0 Å². The van der Waals surface area contributed by atoms with E-state index >= 15 is 0 Å². The second-order valence-corrected chi connectivity index (χ2v) is 6.87. The lowest BCUT2D eigenvalue weighted by Crippen LogP contribution is -2.58. The van der Waals surface area contributed by atoms with Crippen LogP contribution in [0.3, 0.4) is 0 Å². The van der Waals surface area contributed by atoms with Crippen molar-refractivity contribution in [3.05, 3.63) is 0 Å². The minimum absolute atomic E-state index is 0.273. The Balaban J connectivity index is 2.83. The number of aliphatic carboxylic acids is 1. The summed E-state index contributed by atoms with van der Waals surface area (Å²) in [6.45, 7) is 9.30. The molecule has 1 amide bonds. The molecule has 110 valence electrons. The van der Waals surface area contributed by atoms with Crippen LogP contribution in [0.25, 0.3) is 0 Å². The first-order chi connectivity index (χ1) is 8.54. The van der Waals surface area contributed by atoms with Gasteiger partial charge >= 0.3 is 12.1 Å². The van der Waals surface area contributed by atoms with Crippen LogP contribution in [0.4, 0.5) is 4.79 Å². The van der Waals surface area contributed by atoms with Crippen LogP contribution in [0.1, 0.15) is 53.9 Å². The Morgan fingerprint density at radius 3 is 2.05 bits per heavy atom. The van der Waals surface area contributed by atoms with Crippen LogP contribution in [0.15, 0.2) is 0 Å². The Morgan fingerprint density at radius 1 is 1.21 bits per heavy atom. The maximum atomic E-state index is 11.9. The van der Waals surface area contributed by atoms with Gasteiger partial charge in [0.05, 0.1) is 0 Å². The highest BCUT2D eigenvalue weighted by molar-refractivity contribution is 5.84. The molecule has 1 aliphatic rings. The van der Waals surface area contributed by atoms with E-state index in [0.29, 0.717) is 12.8 Å². The maximum Gasteiger partial charge on any atom is 0.408 e. The molecule has 0 heterocycles. The predicted octanol–water partition coefficient (Wildman–Crippen LogP) is 2.79. The minimum Gasteiger partial charge on any atom is -0.480 e. The van der Waals surface area contributed by atoms with Gasteiger partial charge in [-0.05, 0) is 51.9 Å². The Hall–Kier alpha value is -1.26. The first-order valence-corrected chi connectivity index (χ1v) is 6.78. The topological polar surface area (TPSA) is 75.6 Å². The van der Waals surface area contributed by atoms with Crippen molar-refractivity contribution in [2.75, 3.05) is 0 Å². The fraction of sp³-hybridized carbons (Fsp3) is 0.857. The molecule has 5 heteroatoms. The molecule has 19 heavy (non-hydrogen) atoms. The minimum atomic E-state index is -1.20. The number of carbonyl (C=O) groups excluding carboxylic acids is 1. The summed E-state index contributed by atoms with van der Waals surface area (Å²) in [4.78, 5) is 23.5. The third-order valence-electron chi connectivity index (χ3n) is 3.35. The highest BCUT2D eigenvalue weighted by Gasteiger charge is 2.46. The van der Waals surface area contributed by atoms with Crippen LogP contribution in [0, 0.1) is 11.8 Å². The quantitative estimate of drug-likeness (QED) is 0.809. The molecule has 0 unspecified atom stereocenters. The smallest absolute Gasteiger partial charge is 0.408 e. The monoisotopic (exact) mass is 271 g/mol. The van der Waals surface area contributed by atoms with Gasteiger partial charge < -0.3 is 15.2 Å². The fourth-order valence-corrected chi connectivity index (χ4v) is 2.96. The van der Waals surface area contributed by atoms with Crippen LogP contribution >= 0.6 is 0 Å². The number of alkyl carbamates (subject to hydrolysis) is 1. The molecule has 0 bridgehead atoms. The molecule has 1 fully saturated rings. The number of ether oxygens (including phenoxy) is 1. The van der Waals surface area contributed by atoms with E-state index < -0.39 is 23.2 Å². The van der Waals surface area contributed by atoms with Crippen LogP contribution in [0.2, 0.25) is 0 Å². The first kappa shape index (κ1) is 15.8. The Kier molecular flexibility index (Phi) is 4.48. The van der Waals surface area contributed by atoms with Gasteiger partial charge in [-0.25, -0.2) is 9.59 Å². The number of carboxylic acid groups (broad SMARTS) is 1. The molecule has 1 rings (SSSR count). The third-order valence-corrected chi connectivity index (χ3v) is 3.35. The number of carboxylic acids is 1. The molecular weight excluding hydrogens is 246 g/mol. The summed E-state index contributed by atoms with van der Waals surface area (Å²) in [6, 6.07) is 0. The molecule has 0 aromatic carbocycles. The number of rotatable bonds is 2. The zero-order chi connectivity index (χ0) is 14.8. The van der Waals surface area contributed by atoms with Crippen molar-refractivity contribution < 1.29 is 19.4 Å². The zero-order valence-corrected chi connectivity index (χ0v) is 12.4. The zero-order valence-electron chi connectivity index (χ0n) is 12.4. The number of nitrogens with one attached hydrogen (secondary N) is 1. The standard InChI is InChI=1S/C14H25NO4/c1-9-6-10(2)8-14(7-9,11(16)17)15-12(18)19-13(3,4)5/h9-10H,6-8H2,1-5H3,(H,15,18)(H,16,17)/t9-,10-/m1/s1. The summed E-state index contributed by atoms with van der Waals surface area (Å²) in [5.41, 5.74) is -1.82. The molecule has 5 nitrogen and oxygen atoms in total. The Labute approximate surface area is 114 Å². The van der Waals surface area contributed by atoms with E-state index in [1.165, 1.54) is 0 Å². The third kappa shape index (κ3) is 4.40. The number of carbonyl (C=O) groups is 2. The summed E-state index contributed by atoms with van der Waals surface area (Å²) in [6.07, 6.45) is 1.24. The van der Waals surface area contributed by atoms with E-state index in [9.17, 15) is 14.7 Å². The predicted molar refractivity (Wildman–Crippen MR) is 71.9 cm³/mol. The average Bonchev–Trinajstić information content (AvgIpc) is 2.11. The number of hydrogen-bond acceptors (Lipinski definition) is 3. The lowest BCUT2D eigenvalue weighted by atomic mass is 9.71. The SMILES string of the molecule is C[C@@H]1C[C@@H](C)CC(NC(=O)OC(C)(C)C)(C(=O)O)C1. The molecule has 2 atom stereocenters. The molecule has 0 aromatic heterocycles. The van der Waals surface area contributed by atoms with E-state index in [1.807, 2.05) is 13.8 Å². The van der Waals surface area contributed by atoms with Crippen LogP contribution in [-0.4, -0.2) is 28.3 Å². The van der Waals surface area contributed by atoms with Gasteiger partial charge in [-0.3, -0.25) is 0 Å². The van der Waals surface area contributed by atoms with Gasteiger partial charge in [-0.15, -0.1) is 0 Å². The molecule has 1 aliphatic carbocycles. The van der Waals surface area contributed by atoms with E-state index in [0.717, 1.165) is 6.42 Å². The summed E-state index contributed by atoms with van der Waals surface area (Å²) >= 11 is 0. The second kappa shape index (κ2) is 5.39. The highest BCUT2D eigenvalue weighted by Crippen LogP contribution is 2.36. The van der Waals surface area contributed by atoms with Crippen LogP contribution in [-0.2, 0) is 9.53 Å².